The number of allylic oxidation sites excluding steroid dienone is 1. The van der Waals surface area contributed by atoms with Crippen LogP contribution in [-0.2, 0) is 29.2 Å². The monoisotopic (exact) mass is 532 g/mol. The van der Waals surface area contributed by atoms with E-state index in [0.29, 0.717) is 12.8 Å². The highest BCUT2D eigenvalue weighted by atomic mass is 32.2. The van der Waals surface area contributed by atoms with Crippen molar-refractivity contribution >= 4 is 22.1 Å². The molecule has 0 aromatic rings. The van der Waals surface area contributed by atoms with Crippen molar-refractivity contribution in [1.29, 1.82) is 0 Å². The molecular formula is C28H52O7S. The van der Waals surface area contributed by atoms with E-state index in [9.17, 15) is 22.6 Å². The Morgan fingerprint density at radius 2 is 1.14 bits per heavy atom. The summed E-state index contributed by atoms with van der Waals surface area (Å²) in [6.07, 6.45) is 25.2. The summed E-state index contributed by atoms with van der Waals surface area (Å²) in [5, 5.41) is -1.98. The number of carbonyl (C=O) groups excluding carboxylic acids is 2. The molecule has 0 spiro atoms. The molecule has 0 fully saturated rings. The third-order valence-corrected chi connectivity index (χ3v) is 7.33. The van der Waals surface area contributed by atoms with E-state index in [4.69, 9.17) is 4.74 Å². The molecule has 0 radical (unpaired) electrons. The topological polar surface area (TPSA) is 107 Å². The lowest BCUT2D eigenvalue weighted by atomic mass is 10.0. The minimum Gasteiger partial charge on any atom is -0.466 e. The maximum Gasteiger partial charge on any atom is 0.332 e. The van der Waals surface area contributed by atoms with Crippen LogP contribution in [-0.4, -0.2) is 36.8 Å². The Labute approximate surface area is 220 Å². The van der Waals surface area contributed by atoms with Gasteiger partial charge in [-0.15, -0.1) is 0 Å². The Hall–Kier alpha value is -1.41. The maximum absolute atomic E-state index is 11.9. The van der Waals surface area contributed by atoms with Gasteiger partial charge in [-0.25, -0.2) is 0 Å². The molecule has 7 nitrogen and oxygen atoms in total. The van der Waals surface area contributed by atoms with Gasteiger partial charge in [0, 0.05) is 0 Å². The van der Waals surface area contributed by atoms with E-state index >= 15 is 0 Å². The molecule has 0 saturated heterocycles. The average molecular weight is 533 g/mol. The zero-order chi connectivity index (χ0) is 26.9. The average Bonchev–Trinajstić information content (AvgIpc) is 2.83. The van der Waals surface area contributed by atoms with E-state index < -0.39 is 33.7 Å². The number of ether oxygens (including phenoxy) is 2. The van der Waals surface area contributed by atoms with E-state index in [-0.39, 0.29) is 6.61 Å². The number of hydrogen-bond acceptors (Lipinski definition) is 6. The summed E-state index contributed by atoms with van der Waals surface area (Å²) in [6.45, 7) is 4.24. The van der Waals surface area contributed by atoms with Gasteiger partial charge in [-0.3, -0.25) is 14.1 Å². The number of unbranched alkanes of at least 4 members (excludes halogenated alkanes) is 17. The van der Waals surface area contributed by atoms with Crippen molar-refractivity contribution in [2.75, 3.05) is 6.61 Å². The van der Waals surface area contributed by atoms with Gasteiger partial charge < -0.3 is 9.47 Å². The summed E-state index contributed by atoms with van der Waals surface area (Å²) in [7, 11) is -4.77. The Kier molecular flexibility index (Phi) is 23.0. The molecule has 1 unspecified atom stereocenters. The van der Waals surface area contributed by atoms with Crippen LogP contribution >= 0.6 is 0 Å². The molecule has 1 atom stereocenters. The summed E-state index contributed by atoms with van der Waals surface area (Å²) >= 11 is 0. The smallest absolute Gasteiger partial charge is 0.332 e. The normalized spacial score (nSPS) is 12.6. The molecule has 0 bridgehead atoms. The first kappa shape index (κ1) is 34.6. The summed E-state index contributed by atoms with van der Waals surface area (Å²) < 4.78 is 41.7. The zero-order valence-electron chi connectivity index (χ0n) is 22.9. The number of esters is 2. The van der Waals surface area contributed by atoms with Gasteiger partial charge in [0.05, 0.1) is 19.3 Å². The molecule has 8 heteroatoms. The fourth-order valence-electron chi connectivity index (χ4n) is 4.00. The minimum absolute atomic E-state index is 0.167. The Balaban J connectivity index is 3.62. The molecule has 1 N–H and O–H groups in total. The van der Waals surface area contributed by atoms with E-state index in [0.717, 1.165) is 25.5 Å². The van der Waals surface area contributed by atoms with Gasteiger partial charge >= 0.3 is 11.9 Å². The first-order valence-electron chi connectivity index (χ1n) is 14.3. The van der Waals surface area contributed by atoms with Gasteiger partial charge in [0.25, 0.3) is 10.1 Å². The fraction of sp³-hybridized carbons (Fsp3) is 0.857. The van der Waals surface area contributed by atoms with Crippen LogP contribution in [0.15, 0.2) is 12.3 Å². The second-order valence-corrected chi connectivity index (χ2v) is 11.3. The van der Waals surface area contributed by atoms with Gasteiger partial charge in [-0.05, 0) is 18.9 Å². The molecule has 212 valence electrons. The van der Waals surface area contributed by atoms with Gasteiger partial charge in [0.1, 0.15) is 0 Å². The molecule has 0 amide bonds. The minimum atomic E-state index is -4.77. The maximum atomic E-state index is 11.9. The Bertz CT molecular complexity index is 673. The van der Waals surface area contributed by atoms with E-state index in [1.807, 2.05) is 6.92 Å². The molecule has 0 aliphatic carbocycles. The van der Waals surface area contributed by atoms with Gasteiger partial charge in [-0.2, -0.15) is 8.42 Å². The molecule has 0 aliphatic heterocycles. The number of hydrogen-bond donors (Lipinski definition) is 1. The zero-order valence-corrected chi connectivity index (χ0v) is 23.7. The van der Waals surface area contributed by atoms with E-state index in [2.05, 4.69) is 11.7 Å². The van der Waals surface area contributed by atoms with Crippen LogP contribution in [0.1, 0.15) is 142 Å². The van der Waals surface area contributed by atoms with E-state index in [1.165, 1.54) is 96.0 Å². The summed E-state index contributed by atoms with van der Waals surface area (Å²) in [5.41, 5.74) is 0. The summed E-state index contributed by atoms with van der Waals surface area (Å²) in [6, 6.07) is 0. The van der Waals surface area contributed by atoms with Crippen molar-refractivity contribution in [2.24, 2.45) is 0 Å². The quantitative estimate of drug-likeness (QED) is 0.0556. The summed E-state index contributed by atoms with van der Waals surface area (Å²) in [5.74, 6) is -2.05. The highest BCUT2D eigenvalue weighted by Crippen LogP contribution is 2.15. The van der Waals surface area contributed by atoms with Crippen LogP contribution in [0.25, 0.3) is 0 Å². The standard InChI is InChI=1S/C28H52O7S/c1-3-5-7-8-9-10-11-12-13-14-15-16-17-18-19-20-21-22-24-34-27(29)25-26(36(31,32)33)28(30)35-23-6-4-2/h6,23,26H,3-5,7-22,24-25H2,1-2H3,(H,31,32,33)/b23-6+. The highest BCUT2D eigenvalue weighted by molar-refractivity contribution is 7.87. The molecule has 0 aromatic heterocycles. The Morgan fingerprint density at radius 3 is 1.53 bits per heavy atom. The van der Waals surface area contributed by atoms with Gasteiger partial charge in [-0.1, -0.05) is 123 Å². The molecule has 0 heterocycles. The SMILES string of the molecule is CC/C=C/OC(=O)C(CC(=O)OCCCCCCCCCCCCCCCCCCCC)S(=O)(=O)O. The van der Waals surface area contributed by atoms with Gasteiger partial charge in [0.2, 0.25) is 0 Å². The lowest BCUT2D eigenvalue weighted by Crippen LogP contribution is -2.33. The molecule has 0 aromatic carbocycles. The molecule has 36 heavy (non-hydrogen) atoms. The van der Waals surface area contributed by atoms with Crippen LogP contribution in [0, 0.1) is 0 Å². The van der Waals surface area contributed by atoms with Crippen LogP contribution in [0.4, 0.5) is 0 Å². The Morgan fingerprint density at radius 1 is 0.722 bits per heavy atom. The predicted octanol–water partition coefficient (Wildman–Crippen LogP) is 7.68. The van der Waals surface area contributed by atoms with Crippen LogP contribution in [0.5, 0.6) is 0 Å². The van der Waals surface area contributed by atoms with Gasteiger partial charge in [0.15, 0.2) is 5.25 Å². The molecule has 0 saturated carbocycles. The predicted molar refractivity (Wildman–Crippen MR) is 145 cm³/mol. The lowest BCUT2D eigenvalue weighted by Gasteiger charge is -2.11. The molecule has 0 aliphatic rings. The van der Waals surface area contributed by atoms with Crippen molar-refractivity contribution in [2.45, 2.75) is 148 Å². The molecule has 0 rings (SSSR count). The van der Waals surface area contributed by atoms with Crippen LogP contribution in [0.3, 0.4) is 0 Å². The van der Waals surface area contributed by atoms with E-state index in [1.54, 1.807) is 0 Å². The van der Waals surface area contributed by atoms with Crippen molar-refractivity contribution in [3.05, 3.63) is 12.3 Å². The van der Waals surface area contributed by atoms with Crippen molar-refractivity contribution < 1.29 is 32.0 Å². The largest absolute Gasteiger partial charge is 0.466 e. The third kappa shape index (κ3) is 21.8. The second-order valence-electron chi connectivity index (χ2n) is 9.66. The first-order chi connectivity index (χ1) is 17.3. The van der Waals surface area contributed by atoms with Crippen molar-refractivity contribution in [3.8, 4) is 0 Å². The highest BCUT2D eigenvalue weighted by Gasteiger charge is 2.35. The van der Waals surface area contributed by atoms with Crippen molar-refractivity contribution in [3.63, 3.8) is 0 Å². The molecular weight excluding hydrogens is 480 g/mol. The first-order valence-corrected chi connectivity index (χ1v) is 15.8. The summed E-state index contributed by atoms with van der Waals surface area (Å²) in [4.78, 5) is 23.7. The van der Waals surface area contributed by atoms with Crippen molar-refractivity contribution in [1.82, 2.24) is 0 Å². The fourth-order valence-corrected chi connectivity index (χ4v) is 4.64. The number of rotatable bonds is 25. The third-order valence-electron chi connectivity index (χ3n) is 6.25. The van der Waals surface area contributed by atoms with Crippen LogP contribution in [0.2, 0.25) is 0 Å². The number of carbonyl (C=O) groups is 2. The van der Waals surface area contributed by atoms with Crippen LogP contribution < -0.4 is 0 Å². The second kappa shape index (κ2) is 24.0. The lowest BCUT2D eigenvalue weighted by molar-refractivity contribution is -0.147.